The first-order chi connectivity index (χ1) is 28.3. The average Bonchev–Trinajstić information content (AvgIpc) is 4.02. The number of fused-ring (bicyclic) bond motifs is 10. The normalized spacial score (nSPS) is 11.9. The molecule has 12 rings (SSSR count). The SMILES string of the molecule is c1ccc(-c2ccc(N(c3ccc(-c4cccc5c4oc4ccccc45)cc3)c3ccc4c(c3)nc3n(-c5ccccc5)c5oc6ccccc6c5n43)cc2)cc1. The van der Waals surface area contributed by atoms with E-state index in [4.69, 9.17) is 13.8 Å². The number of furan rings is 2. The number of nitrogens with zero attached hydrogens (tertiary/aromatic N) is 4. The molecule has 0 aliphatic carbocycles. The molecule has 6 heteroatoms. The van der Waals surface area contributed by atoms with Crippen LogP contribution in [0.5, 0.6) is 0 Å². The maximum Gasteiger partial charge on any atom is 0.232 e. The molecule has 0 fully saturated rings. The smallest absolute Gasteiger partial charge is 0.232 e. The van der Waals surface area contributed by atoms with Gasteiger partial charge < -0.3 is 13.7 Å². The molecular weight excluding hydrogens is 701 g/mol. The third kappa shape index (κ3) is 4.87. The highest BCUT2D eigenvalue weighted by Crippen LogP contribution is 2.42. The van der Waals surface area contributed by atoms with Gasteiger partial charge in [-0.2, -0.15) is 0 Å². The molecule has 0 bridgehead atoms. The molecule has 57 heavy (non-hydrogen) atoms. The summed E-state index contributed by atoms with van der Waals surface area (Å²) in [4.78, 5) is 7.62. The first-order valence-corrected chi connectivity index (χ1v) is 19.1. The summed E-state index contributed by atoms with van der Waals surface area (Å²) in [6.07, 6.45) is 0. The van der Waals surface area contributed by atoms with Crippen molar-refractivity contribution in [2.75, 3.05) is 4.90 Å². The summed E-state index contributed by atoms with van der Waals surface area (Å²) in [5.74, 6) is 0.802. The van der Waals surface area contributed by atoms with Gasteiger partial charge in [0, 0.05) is 38.8 Å². The molecule has 0 N–H and O–H groups in total. The number of hydrogen-bond acceptors (Lipinski definition) is 4. The lowest BCUT2D eigenvalue weighted by Crippen LogP contribution is -2.09. The van der Waals surface area contributed by atoms with Crippen LogP contribution in [0.2, 0.25) is 0 Å². The molecule has 8 aromatic carbocycles. The zero-order valence-corrected chi connectivity index (χ0v) is 30.6. The summed E-state index contributed by atoms with van der Waals surface area (Å²) < 4.78 is 17.3. The molecule has 0 radical (unpaired) electrons. The number of anilines is 3. The van der Waals surface area contributed by atoms with Crippen LogP contribution in [-0.4, -0.2) is 14.0 Å². The van der Waals surface area contributed by atoms with Gasteiger partial charge >= 0.3 is 0 Å². The molecule has 0 atom stereocenters. The molecule has 0 saturated carbocycles. The highest BCUT2D eigenvalue weighted by atomic mass is 16.3. The van der Waals surface area contributed by atoms with Gasteiger partial charge in [-0.1, -0.05) is 121 Å². The molecule has 0 saturated heterocycles. The molecule has 0 aliphatic heterocycles. The van der Waals surface area contributed by atoms with Crippen LogP contribution in [-0.2, 0) is 0 Å². The quantitative estimate of drug-likeness (QED) is 0.171. The predicted octanol–water partition coefficient (Wildman–Crippen LogP) is 13.9. The van der Waals surface area contributed by atoms with Crippen molar-refractivity contribution in [2.24, 2.45) is 0 Å². The van der Waals surface area contributed by atoms with E-state index in [1.165, 1.54) is 11.1 Å². The number of rotatable bonds is 6. The maximum atomic E-state index is 6.52. The van der Waals surface area contributed by atoms with E-state index in [1.807, 2.05) is 42.5 Å². The maximum absolute atomic E-state index is 6.52. The topological polar surface area (TPSA) is 51.8 Å². The Bertz CT molecular complexity index is 3450. The Morgan fingerprint density at radius 3 is 1.81 bits per heavy atom. The van der Waals surface area contributed by atoms with E-state index in [9.17, 15) is 0 Å². The van der Waals surface area contributed by atoms with E-state index in [-0.39, 0.29) is 0 Å². The largest absolute Gasteiger partial charge is 0.455 e. The van der Waals surface area contributed by atoms with Crippen molar-refractivity contribution in [1.82, 2.24) is 14.0 Å². The first-order valence-electron chi connectivity index (χ1n) is 19.1. The minimum absolute atomic E-state index is 0.773. The molecule has 4 aromatic heterocycles. The van der Waals surface area contributed by atoms with Gasteiger partial charge in [0.1, 0.15) is 22.3 Å². The highest BCUT2D eigenvalue weighted by Gasteiger charge is 2.24. The van der Waals surface area contributed by atoms with Gasteiger partial charge in [-0.25, -0.2) is 9.55 Å². The Morgan fingerprint density at radius 1 is 0.456 bits per heavy atom. The average molecular weight is 733 g/mol. The molecule has 12 aromatic rings. The third-order valence-electron chi connectivity index (χ3n) is 11.1. The molecule has 0 spiro atoms. The van der Waals surface area contributed by atoms with Gasteiger partial charge in [0.2, 0.25) is 11.5 Å². The van der Waals surface area contributed by atoms with E-state index in [0.29, 0.717) is 0 Å². The molecule has 268 valence electrons. The third-order valence-corrected chi connectivity index (χ3v) is 11.1. The Labute approximate surface area is 326 Å². The van der Waals surface area contributed by atoms with Crippen LogP contribution in [0, 0.1) is 0 Å². The van der Waals surface area contributed by atoms with Crippen molar-refractivity contribution in [2.45, 2.75) is 0 Å². The monoisotopic (exact) mass is 732 g/mol. The zero-order valence-electron chi connectivity index (χ0n) is 30.6. The van der Waals surface area contributed by atoms with E-state index in [2.05, 4.69) is 166 Å². The Hall–Kier alpha value is -7.83. The zero-order chi connectivity index (χ0) is 37.5. The van der Waals surface area contributed by atoms with Crippen LogP contribution in [0.15, 0.2) is 203 Å². The van der Waals surface area contributed by atoms with Crippen molar-refractivity contribution in [1.29, 1.82) is 0 Å². The van der Waals surface area contributed by atoms with Crippen LogP contribution in [0.1, 0.15) is 0 Å². The summed E-state index contributed by atoms with van der Waals surface area (Å²) in [7, 11) is 0. The standard InChI is InChI=1S/C51H32N4O2/c1-3-12-33(13-4-1)34-22-26-37(27-23-34)53(38-28-24-35(25-29-38)40-18-11-19-42-41-16-7-9-20-46(41)56-49(40)42)39-30-31-45-44(32-39)52-51-54(36-14-5-2-6-15-36)50-48(55(45)51)43-17-8-10-21-47(43)57-50/h1-32H. The van der Waals surface area contributed by atoms with Crippen molar-refractivity contribution < 1.29 is 8.83 Å². The first kappa shape index (κ1) is 31.5. The summed E-state index contributed by atoms with van der Waals surface area (Å²) in [5, 5.41) is 3.30. The van der Waals surface area contributed by atoms with Gasteiger partial charge in [0.05, 0.1) is 16.7 Å². The van der Waals surface area contributed by atoms with Crippen molar-refractivity contribution in [3.63, 3.8) is 0 Å². The van der Waals surface area contributed by atoms with Gasteiger partial charge in [0.15, 0.2) is 0 Å². The Kier molecular flexibility index (Phi) is 6.83. The fourth-order valence-electron chi connectivity index (χ4n) is 8.50. The molecule has 0 unspecified atom stereocenters. The van der Waals surface area contributed by atoms with Crippen LogP contribution >= 0.6 is 0 Å². The number of hydrogen-bond donors (Lipinski definition) is 0. The molecule has 0 aliphatic rings. The Morgan fingerprint density at radius 2 is 1.05 bits per heavy atom. The van der Waals surface area contributed by atoms with Crippen LogP contribution < -0.4 is 4.90 Å². The second kappa shape index (κ2) is 12.3. The van der Waals surface area contributed by atoms with Crippen molar-refractivity contribution in [3.8, 4) is 27.9 Å². The summed E-state index contributed by atoms with van der Waals surface area (Å²) >= 11 is 0. The van der Waals surface area contributed by atoms with E-state index >= 15 is 0 Å². The lowest BCUT2D eigenvalue weighted by Gasteiger charge is -2.26. The summed E-state index contributed by atoms with van der Waals surface area (Å²) in [6, 6.07) is 67.8. The second-order valence-electron chi connectivity index (χ2n) is 14.4. The van der Waals surface area contributed by atoms with Gasteiger partial charge in [-0.05, 0) is 89.5 Å². The second-order valence-corrected chi connectivity index (χ2v) is 14.4. The molecular formula is C51H32N4O2. The van der Waals surface area contributed by atoms with Crippen molar-refractivity contribution >= 4 is 78.0 Å². The fourth-order valence-corrected chi connectivity index (χ4v) is 8.50. The number of imidazole rings is 2. The van der Waals surface area contributed by atoms with E-state index in [0.717, 1.165) is 94.8 Å². The highest BCUT2D eigenvalue weighted by molar-refractivity contribution is 6.10. The number of aromatic nitrogens is 3. The van der Waals surface area contributed by atoms with Crippen LogP contribution in [0.4, 0.5) is 17.1 Å². The molecule has 4 heterocycles. The van der Waals surface area contributed by atoms with Crippen LogP contribution in [0.25, 0.3) is 88.9 Å². The Balaban J connectivity index is 1.03. The molecule has 6 nitrogen and oxygen atoms in total. The fraction of sp³-hybridized carbons (Fsp3) is 0. The lowest BCUT2D eigenvalue weighted by atomic mass is 10.0. The lowest BCUT2D eigenvalue weighted by molar-refractivity contribution is 0.645. The van der Waals surface area contributed by atoms with Crippen molar-refractivity contribution in [3.05, 3.63) is 194 Å². The van der Waals surface area contributed by atoms with Gasteiger partial charge in [-0.15, -0.1) is 0 Å². The minimum Gasteiger partial charge on any atom is -0.455 e. The number of benzene rings is 8. The number of para-hydroxylation sites is 4. The van der Waals surface area contributed by atoms with E-state index < -0.39 is 0 Å². The van der Waals surface area contributed by atoms with E-state index in [1.54, 1.807) is 0 Å². The van der Waals surface area contributed by atoms with Gasteiger partial charge in [-0.3, -0.25) is 4.40 Å². The van der Waals surface area contributed by atoms with Crippen LogP contribution in [0.3, 0.4) is 0 Å². The molecule has 0 amide bonds. The summed E-state index contributed by atoms with van der Waals surface area (Å²) in [5.41, 5.74) is 14.9. The minimum atomic E-state index is 0.773. The predicted molar refractivity (Wildman–Crippen MR) is 232 cm³/mol. The van der Waals surface area contributed by atoms with Gasteiger partial charge in [0.25, 0.3) is 0 Å². The summed E-state index contributed by atoms with van der Waals surface area (Å²) in [6.45, 7) is 0.